The Morgan fingerprint density at radius 1 is 1.21 bits per heavy atom. The summed E-state index contributed by atoms with van der Waals surface area (Å²) >= 11 is 0. The molecule has 24 heavy (non-hydrogen) atoms. The van der Waals surface area contributed by atoms with Crippen LogP contribution in [0.15, 0.2) is 24.3 Å². The van der Waals surface area contributed by atoms with E-state index in [0.29, 0.717) is 11.3 Å². The molecule has 2 N–H and O–H groups in total. The molecule has 2 fully saturated rings. The van der Waals surface area contributed by atoms with Gasteiger partial charge in [0, 0.05) is 18.3 Å². The van der Waals surface area contributed by atoms with E-state index in [1.165, 1.54) is 0 Å². The van der Waals surface area contributed by atoms with Gasteiger partial charge in [0.2, 0.25) is 0 Å². The number of fused-ring (bicyclic) bond motifs is 2. The van der Waals surface area contributed by atoms with Gasteiger partial charge in [-0.25, -0.2) is 4.79 Å². The molecule has 1 aromatic carbocycles. The second-order valence-electron chi connectivity index (χ2n) is 8.43. The Hall–Kier alpha value is -2.04. The number of likely N-dealkylation sites (tertiary alicyclic amines) is 1. The minimum Gasteiger partial charge on any atom is -0.452 e. The molecule has 0 radical (unpaired) electrons. The van der Waals surface area contributed by atoms with Crippen LogP contribution in [0.4, 0.5) is 5.69 Å². The number of rotatable bonds is 3. The highest BCUT2D eigenvalue weighted by atomic mass is 16.5. The number of hydrogen-bond acceptors (Lipinski definition) is 4. The number of esters is 1. The van der Waals surface area contributed by atoms with E-state index in [9.17, 15) is 9.59 Å². The molecule has 0 unspecified atom stereocenters. The average Bonchev–Trinajstić information content (AvgIpc) is 2.74. The maximum absolute atomic E-state index is 12.6. The second-order valence-corrected chi connectivity index (χ2v) is 8.43. The Morgan fingerprint density at radius 3 is 2.54 bits per heavy atom. The molecule has 2 atom stereocenters. The molecule has 1 aliphatic heterocycles. The zero-order chi connectivity index (χ0) is 17.5. The smallest absolute Gasteiger partial charge is 0.338 e. The molecule has 1 saturated heterocycles. The largest absolute Gasteiger partial charge is 0.452 e. The van der Waals surface area contributed by atoms with Crippen LogP contribution >= 0.6 is 0 Å². The van der Waals surface area contributed by atoms with E-state index >= 15 is 0 Å². The predicted octanol–water partition coefficient (Wildman–Crippen LogP) is 2.85. The molecule has 1 saturated carbocycles. The monoisotopic (exact) mass is 330 g/mol. The van der Waals surface area contributed by atoms with E-state index in [-0.39, 0.29) is 29.4 Å². The summed E-state index contributed by atoms with van der Waals surface area (Å²) in [6.07, 6.45) is 3.19. The van der Waals surface area contributed by atoms with Gasteiger partial charge in [-0.05, 0) is 54.4 Å². The van der Waals surface area contributed by atoms with E-state index in [0.717, 1.165) is 25.8 Å². The number of amides is 1. The number of carbonyl (C=O) groups is 2. The first-order valence-electron chi connectivity index (χ1n) is 8.50. The summed E-state index contributed by atoms with van der Waals surface area (Å²) in [5.74, 6) is -0.581. The van der Waals surface area contributed by atoms with Crippen LogP contribution in [0.3, 0.4) is 0 Å². The molecular weight excluding hydrogens is 304 g/mol. The van der Waals surface area contributed by atoms with Crippen LogP contribution in [0.2, 0.25) is 0 Å². The number of nitrogen functional groups attached to an aromatic ring is 1. The van der Waals surface area contributed by atoms with Crippen LogP contribution in [0.5, 0.6) is 0 Å². The van der Waals surface area contributed by atoms with Gasteiger partial charge in [0.15, 0.2) is 6.61 Å². The van der Waals surface area contributed by atoms with Crippen LogP contribution in [0.1, 0.15) is 50.4 Å². The molecular formula is C19H26N2O3. The molecule has 3 rings (SSSR count). The van der Waals surface area contributed by atoms with Gasteiger partial charge in [0.05, 0.1) is 5.56 Å². The van der Waals surface area contributed by atoms with E-state index in [1.54, 1.807) is 24.3 Å². The fraction of sp³-hybridized carbons (Fsp3) is 0.579. The quantitative estimate of drug-likeness (QED) is 0.683. The van der Waals surface area contributed by atoms with Crippen LogP contribution in [0.25, 0.3) is 0 Å². The first-order valence-corrected chi connectivity index (χ1v) is 8.50. The van der Waals surface area contributed by atoms with Gasteiger partial charge >= 0.3 is 5.97 Å². The number of hydrogen-bond donors (Lipinski definition) is 1. The molecule has 2 aliphatic rings. The lowest BCUT2D eigenvalue weighted by Gasteiger charge is -2.39. The highest BCUT2D eigenvalue weighted by molar-refractivity contribution is 5.91. The summed E-state index contributed by atoms with van der Waals surface area (Å²) < 4.78 is 5.20. The Labute approximate surface area is 143 Å². The second kappa shape index (κ2) is 5.80. The maximum atomic E-state index is 12.6. The fourth-order valence-electron chi connectivity index (χ4n) is 4.66. The first kappa shape index (κ1) is 16.8. The lowest BCUT2D eigenvalue weighted by molar-refractivity contribution is -0.135. The summed E-state index contributed by atoms with van der Waals surface area (Å²) in [6.45, 7) is 7.36. The highest BCUT2D eigenvalue weighted by Crippen LogP contribution is 2.52. The SMILES string of the molecule is CC1(C)C[C@H]2C[C@](C)(CN2C(=O)COC(=O)c2ccc(N)cc2)C1. The lowest BCUT2D eigenvalue weighted by Crippen LogP contribution is -2.39. The average molecular weight is 330 g/mol. The van der Waals surface area contributed by atoms with E-state index in [2.05, 4.69) is 20.8 Å². The van der Waals surface area contributed by atoms with Gasteiger partial charge in [-0.3, -0.25) is 4.79 Å². The summed E-state index contributed by atoms with van der Waals surface area (Å²) in [4.78, 5) is 26.5. The standard InChI is InChI=1S/C19H26N2O3/c1-18(2)8-15-9-19(3,11-18)12-21(15)16(22)10-24-17(23)13-4-6-14(20)7-5-13/h4-7,15H,8-12,20H2,1-3H3/t15-,19-/m0/s1. The molecule has 5 nitrogen and oxygen atoms in total. The number of nitrogens with zero attached hydrogens (tertiary/aromatic N) is 1. The van der Waals surface area contributed by atoms with Crippen molar-refractivity contribution in [2.45, 2.75) is 46.1 Å². The zero-order valence-corrected chi connectivity index (χ0v) is 14.7. The van der Waals surface area contributed by atoms with Gasteiger partial charge in [-0.2, -0.15) is 0 Å². The van der Waals surface area contributed by atoms with Crippen molar-refractivity contribution in [3.8, 4) is 0 Å². The van der Waals surface area contributed by atoms with E-state index in [4.69, 9.17) is 10.5 Å². The Balaban J connectivity index is 1.60. The van der Waals surface area contributed by atoms with Gasteiger partial charge in [0.1, 0.15) is 0 Å². The minimum absolute atomic E-state index is 0.0924. The minimum atomic E-state index is -0.489. The predicted molar refractivity (Wildman–Crippen MR) is 92.4 cm³/mol. The van der Waals surface area contributed by atoms with Crippen molar-refractivity contribution in [2.75, 3.05) is 18.9 Å². The van der Waals surface area contributed by atoms with Gasteiger partial charge in [0.25, 0.3) is 5.91 Å². The van der Waals surface area contributed by atoms with Crippen molar-refractivity contribution in [3.63, 3.8) is 0 Å². The summed E-state index contributed by atoms with van der Waals surface area (Å²) in [7, 11) is 0. The molecule has 0 spiro atoms. The molecule has 0 aromatic heterocycles. The molecule has 1 heterocycles. The Morgan fingerprint density at radius 2 is 1.88 bits per heavy atom. The molecule has 130 valence electrons. The molecule has 1 amide bonds. The number of ether oxygens (including phenoxy) is 1. The third-order valence-electron chi connectivity index (χ3n) is 5.21. The topological polar surface area (TPSA) is 72.6 Å². The Bertz CT molecular complexity index is 653. The first-order chi connectivity index (χ1) is 11.2. The van der Waals surface area contributed by atoms with Crippen molar-refractivity contribution in [1.82, 2.24) is 4.90 Å². The van der Waals surface area contributed by atoms with Crippen molar-refractivity contribution in [3.05, 3.63) is 29.8 Å². The summed E-state index contributed by atoms with van der Waals surface area (Å²) in [5.41, 5.74) is 7.04. The fourth-order valence-corrected chi connectivity index (χ4v) is 4.66. The van der Waals surface area contributed by atoms with E-state index < -0.39 is 5.97 Å². The molecule has 1 aromatic rings. The van der Waals surface area contributed by atoms with Gasteiger partial charge in [-0.1, -0.05) is 20.8 Å². The van der Waals surface area contributed by atoms with E-state index in [1.807, 2.05) is 4.90 Å². The number of anilines is 1. The van der Waals surface area contributed by atoms with Crippen LogP contribution in [-0.2, 0) is 9.53 Å². The highest BCUT2D eigenvalue weighted by Gasteiger charge is 2.50. The number of benzene rings is 1. The lowest BCUT2D eigenvalue weighted by atomic mass is 9.65. The number of carbonyl (C=O) groups excluding carboxylic acids is 2. The maximum Gasteiger partial charge on any atom is 0.338 e. The zero-order valence-electron chi connectivity index (χ0n) is 14.7. The Kier molecular flexibility index (Phi) is 4.06. The third kappa shape index (κ3) is 3.40. The summed E-state index contributed by atoms with van der Waals surface area (Å²) in [6, 6.07) is 6.76. The van der Waals surface area contributed by atoms with Crippen molar-refractivity contribution >= 4 is 17.6 Å². The van der Waals surface area contributed by atoms with Gasteiger partial charge < -0.3 is 15.4 Å². The molecule has 2 bridgehead atoms. The van der Waals surface area contributed by atoms with Crippen molar-refractivity contribution in [1.29, 1.82) is 0 Å². The number of nitrogens with two attached hydrogens (primary N) is 1. The van der Waals surface area contributed by atoms with Crippen LogP contribution in [-0.4, -0.2) is 36.0 Å². The van der Waals surface area contributed by atoms with Gasteiger partial charge in [-0.15, -0.1) is 0 Å². The van der Waals surface area contributed by atoms with Crippen LogP contribution < -0.4 is 5.73 Å². The van der Waals surface area contributed by atoms with Crippen molar-refractivity contribution < 1.29 is 14.3 Å². The normalized spacial score (nSPS) is 27.8. The third-order valence-corrected chi connectivity index (χ3v) is 5.21. The van der Waals surface area contributed by atoms with Crippen molar-refractivity contribution in [2.24, 2.45) is 10.8 Å². The van der Waals surface area contributed by atoms with Crippen LogP contribution in [0, 0.1) is 10.8 Å². The molecule has 5 heteroatoms. The molecule has 1 aliphatic carbocycles. The summed E-state index contributed by atoms with van der Waals surface area (Å²) in [5, 5.41) is 0.